The number of pyridine rings is 1. The van der Waals surface area contributed by atoms with Crippen molar-refractivity contribution in [3.05, 3.63) is 45.4 Å². The Kier molecular flexibility index (Phi) is 10.6. The molecule has 3 aromatic rings. The summed E-state index contributed by atoms with van der Waals surface area (Å²) in [6.45, 7) is 10.1. The van der Waals surface area contributed by atoms with Crippen molar-refractivity contribution >= 4 is 21.8 Å². The molecule has 1 fully saturated rings. The monoisotopic (exact) mass is 545 g/mol. The number of aromatic amines is 1. The van der Waals surface area contributed by atoms with E-state index in [-0.39, 0.29) is 5.39 Å². The van der Waals surface area contributed by atoms with Gasteiger partial charge in [0.25, 0.3) is 0 Å². The number of alkyl halides is 2. The van der Waals surface area contributed by atoms with Crippen LogP contribution in [0.2, 0.25) is 0 Å². The van der Waals surface area contributed by atoms with Gasteiger partial charge in [0.15, 0.2) is 0 Å². The highest BCUT2D eigenvalue weighted by molar-refractivity contribution is 6.09. The zero-order valence-corrected chi connectivity index (χ0v) is 23.7. The number of rotatable bonds is 15. The molecule has 8 heteroatoms. The Labute approximate surface area is 230 Å². The number of unbranched alkanes of at least 4 members (excludes halogenated alkanes) is 6. The molecule has 0 radical (unpaired) electrons. The van der Waals surface area contributed by atoms with E-state index >= 15 is 0 Å². The Morgan fingerprint density at radius 3 is 2.33 bits per heavy atom. The quantitative estimate of drug-likeness (QED) is 0.210. The molecule has 1 aliphatic heterocycles. The van der Waals surface area contributed by atoms with E-state index in [2.05, 4.69) is 21.4 Å². The number of H-pyrrole nitrogens is 1. The fourth-order valence-corrected chi connectivity index (χ4v) is 6.23. The van der Waals surface area contributed by atoms with Crippen molar-refractivity contribution in [1.82, 2.24) is 14.5 Å². The van der Waals surface area contributed by atoms with Gasteiger partial charge in [-0.15, -0.1) is 0 Å². The van der Waals surface area contributed by atoms with Crippen LogP contribution in [0.15, 0.2) is 23.0 Å². The number of hydrogen-bond donors (Lipinski definition) is 2. The van der Waals surface area contributed by atoms with Crippen molar-refractivity contribution in [2.24, 2.45) is 0 Å². The highest BCUT2D eigenvalue weighted by Gasteiger charge is 2.32. The van der Waals surface area contributed by atoms with Crippen molar-refractivity contribution in [1.29, 1.82) is 0 Å². The molecule has 2 aromatic heterocycles. The van der Waals surface area contributed by atoms with Gasteiger partial charge in [-0.25, -0.2) is 0 Å². The van der Waals surface area contributed by atoms with E-state index in [9.17, 15) is 18.7 Å². The zero-order chi connectivity index (χ0) is 27.8. The summed E-state index contributed by atoms with van der Waals surface area (Å²) < 4.78 is 36.3. The van der Waals surface area contributed by atoms with E-state index < -0.39 is 17.2 Å². The van der Waals surface area contributed by atoms with Crippen molar-refractivity contribution in [2.75, 3.05) is 32.8 Å². The van der Waals surface area contributed by atoms with Gasteiger partial charge < -0.3 is 24.3 Å². The molecule has 3 heterocycles. The molecule has 0 aliphatic carbocycles. The lowest BCUT2D eigenvalue weighted by atomic mass is 10.0. The molecule has 0 saturated carbocycles. The van der Waals surface area contributed by atoms with Gasteiger partial charge in [0.2, 0.25) is 5.56 Å². The van der Waals surface area contributed by atoms with Gasteiger partial charge >= 0.3 is 6.11 Å². The first-order valence-corrected chi connectivity index (χ1v) is 14.9. The van der Waals surface area contributed by atoms with Gasteiger partial charge in [0, 0.05) is 53.3 Å². The molecule has 0 unspecified atom stereocenters. The summed E-state index contributed by atoms with van der Waals surface area (Å²) >= 11 is 0. The van der Waals surface area contributed by atoms with Gasteiger partial charge in [-0.1, -0.05) is 45.4 Å². The highest BCUT2D eigenvalue weighted by atomic mass is 19.3. The van der Waals surface area contributed by atoms with E-state index in [0.717, 1.165) is 74.8 Å². The Balaban J connectivity index is 1.25. The summed E-state index contributed by atoms with van der Waals surface area (Å²) in [5.74, 6) is 0. The number of hydrogen-bond acceptors (Lipinski definition) is 4. The van der Waals surface area contributed by atoms with Gasteiger partial charge in [0.05, 0.1) is 12.2 Å². The smallest absolute Gasteiger partial charge is 0.380 e. The second-order valence-corrected chi connectivity index (χ2v) is 11.0. The average Bonchev–Trinajstić information content (AvgIpc) is 3.19. The number of benzene rings is 1. The molecule has 0 atom stereocenters. The largest absolute Gasteiger partial charge is 0.381 e. The molecular formula is C31H45F2N3O3. The van der Waals surface area contributed by atoms with Gasteiger partial charge in [-0.05, 0) is 69.8 Å². The predicted molar refractivity (Wildman–Crippen MR) is 154 cm³/mol. The lowest BCUT2D eigenvalue weighted by Crippen LogP contribution is -2.32. The average molecular weight is 546 g/mol. The summed E-state index contributed by atoms with van der Waals surface area (Å²) in [7, 11) is 0. The van der Waals surface area contributed by atoms with Crippen molar-refractivity contribution in [3.8, 4) is 0 Å². The maximum atomic E-state index is 14.1. The molecular weight excluding hydrogens is 500 g/mol. The van der Waals surface area contributed by atoms with Crippen LogP contribution in [0.3, 0.4) is 0 Å². The molecule has 6 nitrogen and oxygen atoms in total. The summed E-state index contributed by atoms with van der Waals surface area (Å²) in [5, 5.41) is 10.5. The molecule has 1 aliphatic rings. The maximum absolute atomic E-state index is 14.1. The van der Waals surface area contributed by atoms with Gasteiger partial charge in [-0.2, -0.15) is 8.78 Å². The normalized spacial score (nSPS) is 15.1. The van der Waals surface area contributed by atoms with Gasteiger partial charge in [0.1, 0.15) is 0 Å². The fourth-order valence-electron chi connectivity index (χ4n) is 6.23. The molecule has 39 heavy (non-hydrogen) atoms. The molecule has 1 saturated heterocycles. The number of likely N-dealkylation sites (tertiary alicyclic amines) is 1. The minimum absolute atomic E-state index is 0.223. The van der Waals surface area contributed by atoms with E-state index in [1.165, 1.54) is 58.0 Å². The highest BCUT2D eigenvalue weighted by Crippen LogP contribution is 2.38. The molecule has 4 rings (SSSR count). The Morgan fingerprint density at radius 1 is 0.949 bits per heavy atom. The molecule has 0 amide bonds. The minimum Gasteiger partial charge on any atom is -0.380 e. The maximum Gasteiger partial charge on any atom is 0.381 e. The molecule has 0 spiro atoms. The number of aryl methyl sites for hydroxylation is 2. The Morgan fingerprint density at radius 2 is 1.64 bits per heavy atom. The number of nitrogens with zero attached hydrogens (tertiary/aromatic N) is 2. The van der Waals surface area contributed by atoms with Crippen LogP contribution in [0.5, 0.6) is 0 Å². The molecule has 2 N–H and O–H groups in total. The molecule has 1 aromatic carbocycles. The van der Waals surface area contributed by atoms with Crippen molar-refractivity contribution in [3.63, 3.8) is 0 Å². The van der Waals surface area contributed by atoms with Crippen LogP contribution < -0.4 is 5.56 Å². The van der Waals surface area contributed by atoms with Crippen LogP contribution >= 0.6 is 0 Å². The first-order chi connectivity index (χ1) is 18.8. The van der Waals surface area contributed by atoms with Crippen LogP contribution in [0.4, 0.5) is 8.78 Å². The van der Waals surface area contributed by atoms with Crippen LogP contribution in [0, 0.1) is 6.92 Å². The third kappa shape index (κ3) is 7.47. The lowest BCUT2D eigenvalue weighted by molar-refractivity contribution is -0.207. The summed E-state index contributed by atoms with van der Waals surface area (Å²) in [6, 6.07) is 4.38. The number of fused-ring (bicyclic) bond motifs is 3. The first kappa shape index (κ1) is 29.7. The third-order valence-corrected chi connectivity index (χ3v) is 8.24. The zero-order valence-electron chi connectivity index (χ0n) is 23.7. The van der Waals surface area contributed by atoms with Crippen LogP contribution in [-0.2, 0) is 23.8 Å². The van der Waals surface area contributed by atoms with E-state index in [1.54, 1.807) is 6.07 Å². The number of nitrogens with one attached hydrogen (secondary N) is 1. The Bertz CT molecular complexity index is 1270. The van der Waals surface area contributed by atoms with E-state index in [4.69, 9.17) is 4.74 Å². The molecule has 216 valence electrons. The van der Waals surface area contributed by atoms with Crippen LogP contribution in [-0.4, -0.2) is 52.4 Å². The number of aliphatic hydroxyl groups is 1. The van der Waals surface area contributed by atoms with E-state index in [0.29, 0.717) is 10.9 Å². The molecule has 0 bridgehead atoms. The topological polar surface area (TPSA) is 70.5 Å². The van der Waals surface area contributed by atoms with E-state index in [1.807, 2.05) is 13.0 Å². The van der Waals surface area contributed by atoms with Crippen molar-refractivity contribution < 1.29 is 18.6 Å². The van der Waals surface area contributed by atoms with Crippen LogP contribution in [0.1, 0.15) is 88.0 Å². The number of piperidine rings is 1. The second kappa shape index (κ2) is 13.9. The number of aromatic nitrogens is 2. The predicted octanol–water partition coefficient (Wildman–Crippen LogP) is 6.63. The first-order valence-electron chi connectivity index (χ1n) is 14.9. The lowest BCUT2D eigenvalue weighted by Gasteiger charge is -2.26. The number of halogens is 2. The summed E-state index contributed by atoms with van der Waals surface area (Å²) in [4.78, 5) is 17.1. The van der Waals surface area contributed by atoms with Crippen LogP contribution in [0.25, 0.3) is 21.8 Å². The minimum atomic E-state index is -4.10. The standard InChI is InChI=1S/C31H45F2N3O3/c1-3-26-23(2)29-27(15-14-25-30(29)24(31(32,33)38)22-28(37)34-25)36(26)18-12-7-5-4-6-8-13-20-39-21-19-35-16-10-9-11-17-35/h14-15,22,38H,3-13,16-21H2,1-2H3,(H,34,37). The SMILES string of the molecule is CCc1c(C)c2c3c(C(O)(F)F)cc(=O)[nH]c3ccc2n1CCCCCCCCCOCCN1CCCCC1. The Hall–Kier alpha value is -2.29. The second-order valence-electron chi connectivity index (χ2n) is 11.0. The number of ether oxygens (including phenoxy) is 1. The van der Waals surface area contributed by atoms with Gasteiger partial charge in [-0.3, -0.25) is 4.79 Å². The summed E-state index contributed by atoms with van der Waals surface area (Å²) in [6.07, 6.45) is 8.80. The van der Waals surface area contributed by atoms with Crippen molar-refractivity contribution in [2.45, 2.75) is 97.1 Å². The summed E-state index contributed by atoms with van der Waals surface area (Å²) in [5.41, 5.74) is 1.93. The fraction of sp³-hybridized carbons (Fsp3) is 0.645. The third-order valence-electron chi connectivity index (χ3n) is 8.24.